The van der Waals surface area contributed by atoms with E-state index in [4.69, 9.17) is 5.11 Å². The van der Waals surface area contributed by atoms with Crippen LogP contribution in [0.4, 0.5) is 10.5 Å². The molecule has 0 spiro atoms. The molecule has 1 aromatic rings. The molecule has 0 aliphatic heterocycles. The van der Waals surface area contributed by atoms with Crippen molar-refractivity contribution >= 4 is 17.7 Å². The van der Waals surface area contributed by atoms with E-state index in [0.717, 1.165) is 25.8 Å². The lowest BCUT2D eigenvalue weighted by molar-refractivity contribution is -0.138. The smallest absolute Gasteiger partial charge is 0.319 e. The van der Waals surface area contributed by atoms with Crippen molar-refractivity contribution < 1.29 is 14.7 Å². The van der Waals surface area contributed by atoms with E-state index in [2.05, 4.69) is 15.7 Å². The first-order valence-corrected chi connectivity index (χ1v) is 7.36. The maximum absolute atomic E-state index is 12.1. The Morgan fingerprint density at radius 3 is 2.67 bits per heavy atom. The molecule has 1 fully saturated rings. The molecule has 0 aromatic carbocycles. The molecule has 0 saturated heterocycles. The Hall–Kier alpha value is -2.05. The van der Waals surface area contributed by atoms with Gasteiger partial charge in [-0.15, -0.1) is 0 Å². The van der Waals surface area contributed by atoms with Crippen molar-refractivity contribution in [2.45, 2.75) is 57.5 Å². The second-order valence-corrected chi connectivity index (χ2v) is 5.58. The molecule has 1 heterocycles. The van der Waals surface area contributed by atoms with E-state index < -0.39 is 11.5 Å². The zero-order chi connectivity index (χ0) is 15.3. The molecule has 2 amide bonds. The standard InChI is InChI=1S/C14H22N4O3/c1-2-18-10-11(9-15-18)16-13(21)17-14(8-12(19)20)6-4-3-5-7-14/h9-10H,2-8H2,1H3,(H,19,20)(H2,16,17,21). The number of aromatic nitrogens is 2. The van der Waals surface area contributed by atoms with Crippen LogP contribution < -0.4 is 10.6 Å². The first-order valence-electron chi connectivity index (χ1n) is 7.36. The lowest BCUT2D eigenvalue weighted by atomic mass is 9.79. The number of carboxylic acids is 1. The average molecular weight is 294 g/mol. The first kappa shape index (κ1) is 15.3. The zero-order valence-electron chi connectivity index (χ0n) is 12.3. The number of aryl methyl sites for hydroxylation is 1. The molecule has 7 nitrogen and oxygen atoms in total. The first-order chi connectivity index (χ1) is 10.0. The Bertz CT molecular complexity index is 506. The van der Waals surface area contributed by atoms with Crippen LogP contribution in [0.1, 0.15) is 45.4 Å². The van der Waals surface area contributed by atoms with Gasteiger partial charge in [0.25, 0.3) is 0 Å². The van der Waals surface area contributed by atoms with E-state index in [-0.39, 0.29) is 12.5 Å². The summed E-state index contributed by atoms with van der Waals surface area (Å²) in [6.07, 6.45) is 7.69. The summed E-state index contributed by atoms with van der Waals surface area (Å²) in [5, 5.41) is 18.8. The van der Waals surface area contributed by atoms with Gasteiger partial charge in [0.1, 0.15) is 0 Å². The molecule has 0 radical (unpaired) electrons. The molecule has 1 aliphatic carbocycles. The Kier molecular flexibility index (Phi) is 4.82. The second-order valence-electron chi connectivity index (χ2n) is 5.58. The van der Waals surface area contributed by atoms with Crippen LogP contribution in [-0.2, 0) is 11.3 Å². The minimum absolute atomic E-state index is 0.0331. The van der Waals surface area contributed by atoms with Crippen LogP contribution in [0.5, 0.6) is 0 Å². The van der Waals surface area contributed by atoms with Gasteiger partial charge in [-0.3, -0.25) is 9.48 Å². The fourth-order valence-electron chi connectivity index (χ4n) is 2.87. The van der Waals surface area contributed by atoms with Crippen molar-refractivity contribution in [1.82, 2.24) is 15.1 Å². The minimum Gasteiger partial charge on any atom is -0.481 e. The lowest BCUT2D eigenvalue weighted by Crippen LogP contribution is -2.52. The van der Waals surface area contributed by atoms with Gasteiger partial charge < -0.3 is 15.7 Å². The van der Waals surface area contributed by atoms with Crippen molar-refractivity contribution in [1.29, 1.82) is 0 Å². The molecular weight excluding hydrogens is 272 g/mol. The summed E-state index contributed by atoms with van der Waals surface area (Å²) < 4.78 is 1.71. The molecule has 2 rings (SSSR count). The number of nitrogens with zero attached hydrogens (tertiary/aromatic N) is 2. The predicted molar refractivity (Wildman–Crippen MR) is 78.1 cm³/mol. The van der Waals surface area contributed by atoms with Crippen molar-refractivity contribution in [2.24, 2.45) is 0 Å². The van der Waals surface area contributed by atoms with Gasteiger partial charge in [-0.05, 0) is 19.8 Å². The summed E-state index contributed by atoms with van der Waals surface area (Å²) in [6, 6.07) is -0.367. The third-order valence-electron chi connectivity index (χ3n) is 3.89. The molecule has 0 unspecified atom stereocenters. The zero-order valence-corrected chi connectivity index (χ0v) is 12.3. The number of urea groups is 1. The molecule has 0 bridgehead atoms. The highest BCUT2D eigenvalue weighted by atomic mass is 16.4. The Balaban J connectivity index is 1.98. The van der Waals surface area contributed by atoms with Crippen LogP contribution in [0.15, 0.2) is 12.4 Å². The maximum atomic E-state index is 12.1. The molecule has 116 valence electrons. The van der Waals surface area contributed by atoms with Gasteiger partial charge in [-0.25, -0.2) is 4.79 Å². The number of anilines is 1. The van der Waals surface area contributed by atoms with Crippen LogP contribution in [0.25, 0.3) is 0 Å². The summed E-state index contributed by atoms with van der Waals surface area (Å²) in [6.45, 7) is 2.69. The van der Waals surface area contributed by atoms with Crippen molar-refractivity contribution in [2.75, 3.05) is 5.32 Å². The van der Waals surface area contributed by atoms with Gasteiger partial charge in [-0.2, -0.15) is 5.10 Å². The lowest BCUT2D eigenvalue weighted by Gasteiger charge is -2.36. The number of aliphatic carboxylic acids is 1. The molecular formula is C14H22N4O3. The molecule has 0 atom stereocenters. The van der Waals surface area contributed by atoms with E-state index in [1.54, 1.807) is 17.1 Å². The van der Waals surface area contributed by atoms with Crippen molar-refractivity contribution in [3.05, 3.63) is 12.4 Å². The Morgan fingerprint density at radius 1 is 1.38 bits per heavy atom. The van der Waals surface area contributed by atoms with Gasteiger partial charge in [-0.1, -0.05) is 19.3 Å². The molecule has 1 aromatic heterocycles. The molecule has 1 aliphatic rings. The van der Waals surface area contributed by atoms with E-state index in [9.17, 15) is 9.59 Å². The highest BCUT2D eigenvalue weighted by Gasteiger charge is 2.35. The van der Waals surface area contributed by atoms with Crippen molar-refractivity contribution in [3.63, 3.8) is 0 Å². The van der Waals surface area contributed by atoms with Gasteiger partial charge in [0.05, 0.1) is 23.8 Å². The fourth-order valence-corrected chi connectivity index (χ4v) is 2.87. The molecule has 1 saturated carbocycles. The van der Waals surface area contributed by atoms with Gasteiger partial charge >= 0.3 is 12.0 Å². The Morgan fingerprint density at radius 2 is 2.10 bits per heavy atom. The highest BCUT2D eigenvalue weighted by Crippen LogP contribution is 2.31. The second kappa shape index (κ2) is 6.60. The topological polar surface area (TPSA) is 96.2 Å². The third-order valence-corrected chi connectivity index (χ3v) is 3.89. The number of carbonyl (C=O) groups excluding carboxylic acids is 1. The monoisotopic (exact) mass is 294 g/mol. The number of hydrogen-bond donors (Lipinski definition) is 3. The van der Waals surface area contributed by atoms with E-state index >= 15 is 0 Å². The number of nitrogens with one attached hydrogen (secondary N) is 2. The molecule has 3 N–H and O–H groups in total. The maximum Gasteiger partial charge on any atom is 0.319 e. The number of amides is 2. The number of rotatable bonds is 5. The number of hydrogen-bond acceptors (Lipinski definition) is 3. The summed E-state index contributed by atoms with van der Waals surface area (Å²) in [4.78, 5) is 23.2. The Labute approximate surface area is 123 Å². The predicted octanol–water partition coefficient (Wildman–Crippen LogP) is 2.20. The summed E-state index contributed by atoms with van der Waals surface area (Å²) in [7, 11) is 0. The largest absolute Gasteiger partial charge is 0.481 e. The number of carboxylic acid groups (broad SMARTS) is 1. The number of carbonyl (C=O) groups is 2. The van der Waals surface area contributed by atoms with E-state index in [1.165, 1.54) is 0 Å². The summed E-state index contributed by atoms with van der Waals surface area (Å²) >= 11 is 0. The normalized spacial score (nSPS) is 17.2. The van der Waals surface area contributed by atoms with Gasteiger partial charge in [0, 0.05) is 12.7 Å². The average Bonchev–Trinajstić information content (AvgIpc) is 2.86. The summed E-state index contributed by atoms with van der Waals surface area (Å²) in [5.74, 6) is -0.879. The SMILES string of the molecule is CCn1cc(NC(=O)NC2(CC(=O)O)CCCCC2)cn1. The fraction of sp³-hybridized carbons (Fsp3) is 0.643. The van der Waals surface area contributed by atoms with Gasteiger partial charge in [0.2, 0.25) is 0 Å². The molecule has 7 heteroatoms. The summed E-state index contributed by atoms with van der Waals surface area (Å²) in [5.41, 5.74) is -0.0230. The molecule has 21 heavy (non-hydrogen) atoms. The third kappa shape index (κ3) is 4.21. The highest BCUT2D eigenvalue weighted by molar-refractivity contribution is 5.89. The van der Waals surface area contributed by atoms with Crippen LogP contribution in [0.2, 0.25) is 0 Å². The van der Waals surface area contributed by atoms with Crippen LogP contribution in [0.3, 0.4) is 0 Å². The van der Waals surface area contributed by atoms with Crippen LogP contribution >= 0.6 is 0 Å². The van der Waals surface area contributed by atoms with Gasteiger partial charge in [0.15, 0.2) is 0 Å². The van der Waals surface area contributed by atoms with E-state index in [1.807, 2.05) is 6.92 Å². The van der Waals surface area contributed by atoms with Crippen LogP contribution in [-0.4, -0.2) is 32.4 Å². The van der Waals surface area contributed by atoms with E-state index in [0.29, 0.717) is 18.5 Å². The van der Waals surface area contributed by atoms with Crippen LogP contribution in [0, 0.1) is 0 Å². The minimum atomic E-state index is -0.879. The quantitative estimate of drug-likeness (QED) is 0.775. The van der Waals surface area contributed by atoms with Crippen molar-refractivity contribution in [3.8, 4) is 0 Å².